The number of anilines is 1. The van der Waals surface area contributed by atoms with Gasteiger partial charge in [-0.3, -0.25) is 9.59 Å². The number of halogens is 4. The Morgan fingerprint density at radius 3 is 2.32 bits per heavy atom. The van der Waals surface area contributed by atoms with Crippen molar-refractivity contribution in [2.45, 2.75) is 43.8 Å². The summed E-state index contributed by atoms with van der Waals surface area (Å²) < 4.78 is 80.6. The number of nitrogens with zero attached hydrogens (tertiary/aromatic N) is 1. The summed E-state index contributed by atoms with van der Waals surface area (Å²) >= 11 is 0. The molecule has 1 amide bonds. The molecule has 0 radical (unpaired) electrons. The minimum atomic E-state index is -4.64. The smallest absolute Gasteiger partial charge is 0.326 e. The maximum absolute atomic E-state index is 13.1. The second kappa shape index (κ2) is 9.17. The lowest BCUT2D eigenvalue weighted by molar-refractivity contribution is -0.136. The highest BCUT2D eigenvalue weighted by Gasteiger charge is 2.60. The van der Waals surface area contributed by atoms with Gasteiger partial charge in [-0.15, -0.1) is 0 Å². The number of alkyl halides is 3. The van der Waals surface area contributed by atoms with Crippen LogP contribution in [0.1, 0.15) is 40.7 Å². The maximum atomic E-state index is 13.1. The van der Waals surface area contributed by atoms with E-state index < -0.39 is 52.4 Å². The van der Waals surface area contributed by atoms with Crippen molar-refractivity contribution < 1.29 is 35.6 Å². The summed E-state index contributed by atoms with van der Waals surface area (Å²) in [6.07, 6.45) is -2.73. The van der Waals surface area contributed by atoms with Crippen LogP contribution < -0.4 is 10.0 Å². The number of amides is 1. The molecular formula is C25H25F4N3O4S. The van der Waals surface area contributed by atoms with Crippen LogP contribution in [0, 0.1) is 17.7 Å². The van der Waals surface area contributed by atoms with Crippen molar-refractivity contribution in [3.05, 3.63) is 65.0 Å². The van der Waals surface area contributed by atoms with Crippen LogP contribution >= 0.6 is 0 Å². The lowest BCUT2D eigenvalue weighted by Gasteiger charge is -2.33. The molecular weight excluding hydrogens is 514 g/mol. The molecule has 1 heterocycles. The maximum Gasteiger partial charge on any atom is 0.402 e. The van der Waals surface area contributed by atoms with Gasteiger partial charge in [-0.1, -0.05) is 6.07 Å². The first-order valence-electron chi connectivity index (χ1n) is 11.9. The molecule has 3 atom stereocenters. The predicted octanol–water partition coefficient (Wildman–Crippen LogP) is 3.61. The van der Waals surface area contributed by atoms with Gasteiger partial charge in [0.25, 0.3) is 10.2 Å². The number of ketones is 1. The van der Waals surface area contributed by atoms with E-state index in [1.54, 1.807) is 12.1 Å². The number of benzene rings is 2. The molecule has 2 aromatic carbocycles. The number of Topliss-reactive ketones (excluding diaryl/α,β-unsaturated/α-hetero) is 1. The normalized spacial score (nSPS) is 26.6. The number of hydrogen-bond acceptors (Lipinski definition) is 4. The topological polar surface area (TPSA) is 95.6 Å². The zero-order chi connectivity index (χ0) is 26.6. The summed E-state index contributed by atoms with van der Waals surface area (Å²) in [5, 5.41) is 2.70. The van der Waals surface area contributed by atoms with Crippen molar-refractivity contribution in [2.24, 2.45) is 11.8 Å². The van der Waals surface area contributed by atoms with Crippen molar-refractivity contribution in [3.8, 4) is 0 Å². The summed E-state index contributed by atoms with van der Waals surface area (Å²) in [6, 6.07) is 10.2. The molecule has 2 aliphatic carbocycles. The number of nitrogens with one attached hydrogen (secondary N) is 2. The van der Waals surface area contributed by atoms with E-state index in [1.165, 1.54) is 12.1 Å². The first-order valence-corrected chi connectivity index (χ1v) is 13.3. The summed E-state index contributed by atoms with van der Waals surface area (Å²) in [6.45, 7) is -1.75. The van der Waals surface area contributed by atoms with Crippen LogP contribution in [0.15, 0.2) is 42.5 Å². The number of fused-ring (bicyclic) bond motifs is 1. The highest BCUT2D eigenvalue weighted by Crippen LogP contribution is 2.50. The molecule has 2 N–H and O–H groups in total. The molecule has 1 aliphatic heterocycles. The molecule has 1 saturated carbocycles. The molecule has 5 rings (SSSR count). The van der Waals surface area contributed by atoms with E-state index in [9.17, 15) is 35.6 Å². The summed E-state index contributed by atoms with van der Waals surface area (Å²) in [4.78, 5) is 24.8. The van der Waals surface area contributed by atoms with E-state index >= 15 is 0 Å². The van der Waals surface area contributed by atoms with E-state index in [0.717, 1.165) is 23.3 Å². The van der Waals surface area contributed by atoms with Gasteiger partial charge >= 0.3 is 6.18 Å². The summed E-state index contributed by atoms with van der Waals surface area (Å²) in [5.74, 6) is -1.83. The Hall–Kier alpha value is -2.83. The van der Waals surface area contributed by atoms with Crippen LogP contribution in [0.25, 0.3) is 0 Å². The molecule has 1 spiro atoms. The van der Waals surface area contributed by atoms with Gasteiger partial charge < -0.3 is 5.32 Å². The van der Waals surface area contributed by atoms with Crippen molar-refractivity contribution >= 4 is 27.6 Å². The van der Waals surface area contributed by atoms with Crippen molar-refractivity contribution in [3.63, 3.8) is 0 Å². The van der Waals surface area contributed by atoms with Crippen molar-refractivity contribution in [1.29, 1.82) is 0 Å². The Morgan fingerprint density at radius 2 is 1.68 bits per heavy atom. The Balaban J connectivity index is 1.31. The summed E-state index contributed by atoms with van der Waals surface area (Å²) in [7, 11) is -4.27. The second-order valence-electron chi connectivity index (χ2n) is 10.0. The van der Waals surface area contributed by atoms with Gasteiger partial charge in [0.15, 0.2) is 5.78 Å². The van der Waals surface area contributed by atoms with Gasteiger partial charge in [0, 0.05) is 17.8 Å². The SMILES string of the molecule is O=C(CC(=O)c1ccc(F)cc1)Nc1ccc2c(c1)CC1CCC(C2)C12CN(CC(F)(F)F)S(=O)(=O)N2. The van der Waals surface area contributed by atoms with Crippen LogP contribution in [-0.4, -0.2) is 49.2 Å². The molecule has 198 valence electrons. The Morgan fingerprint density at radius 1 is 1.03 bits per heavy atom. The largest absolute Gasteiger partial charge is 0.402 e. The lowest BCUT2D eigenvalue weighted by atomic mass is 9.79. The third kappa shape index (κ3) is 5.14. The third-order valence-electron chi connectivity index (χ3n) is 7.68. The third-order valence-corrected chi connectivity index (χ3v) is 9.26. The van der Waals surface area contributed by atoms with E-state index in [0.29, 0.717) is 35.7 Å². The lowest BCUT2D eigenvalue weighted by Crippen LogP contribution is -2.52. The van der Waals surface area contributed by atoms with Crippen LogP contribution in [0.3, 0.4) is 0 Å². The fourth-order valence-electron chi connectivity index (χ4n) is 6.01. The molecule has 2 fully saturated rings. The average molecular weight is 540 g/mol. The minimum Gasteiger partial charge on any atom is -0.326 e. The Kier molecular flexibility index (Phi) is 6.40. The van der Waals surface area contributed by atoms with Crippen LogP contribution in [-0.2, 0) is 27.8 Å². The quantitative estimate of drug-likeness (QED) is 0.345. The van der Waals surface area contributed by atoms with Crippen LogP contribution in [0.4, 0.5) is 23.2 Å². The first kappa shape index (κ1) is 25.8. The number of rotatable bonds is 5. The Labute approximate surface area is 211 Å². The van der Waals surface area contributed by atoms with Crippen molar-refractivity contribution in [1.82, 2.24) is 9.03 Å². The zero-order valence-electron chi connectivity index (χ0n) is 19.6. The number of carbonyl (C=O) groups is 2. The molecule has 1 saturated heterocycles. The van der Waals surface area contributed by atoms with Crippen molar-refractivity contribution in [2.75, 3.05) is 18.4 Å². The van der Waals surface area contributed by atoms with Gasteiger partial charge in [0.1, 0.15) is 12.4 Å². The fraction of sp³-hybridized carbons (Fsp3) is 0.440. The fourth-order valence-corrected chi connectivity index (χ4v) is 7.72. The van der Waals surface area contributed by atoms with E-state index in [-0.39, 0.29) is 23.9 Å². The standard InChI is InChI=1S/C25H25F4N3O4S/c26-20-6-1-15(2-7-20)22(33)12-23(34)30-21-8-3-16-9-18-4-5-19(10-17(16)11-21)24(18)13-32(14-25(27,28)29)37(35,36)31-24/h1-3,6-8,11,18-19,31H,4-5,9-10,12-14H2,(H,30,34). The van der Waals surface area contributed by atoms with Crippen LogP contribution in [0.2, 0.25) is 0 Å². The number of hydrogen-bond donors (Lipinski definition) is 2. The Bertz CT molecular complexity index is 1350. The monoisotopic (exact) mass is 539 g/mol. The summed E-state index contributed by atoms with van der Waals surface area (Å²) in [5.41, 5.74) is 1.56. The number of carbonyl (C=O) groups excluding carboxylic acids is 2. The van der Waals surface area contributed by atoms with Gasteiger partial charge in [-0.05, 0) is 85.0 Å². The van der Waals surface area contributed by atoms with Gasteiger partial charge in [0.2, 0.25) is 5.91 Å². The molecule has 12 heteroatoms. The first-order chi connectivity index (χ1) is 17.3. The van der Waals surface area contributed by atoms with Gasteiger partial charge in [-0.2, -0.15) is 30.6 Å². The van der Waals surface area contributed by atoms with E-state index in [2.05, 4.69) is 10.0 Å². The van der Waals surface area contributed by atoms with Gasteiger partial charge in [-0.25, -0.2) is 4.39 Å². The highest BCUT2D eigenvalue weighted by molar-refractivity contribution is 7.87. The predicted molar refractivity (Wildman–Crippen MR) is 126 cm³/mol. The van der Waals surface area contributed by atoms with E-state index in [1.807, 2.05) is 6.07 Å². The highest BCUT2D eigenvalue weighted by atomic mass is 32.2. The van der Waals surface area contributed by atoms with Gasteiger partial charge in [0.05, 0.1) is 12.0 Å². The molecule has 3 aliphatic rings. The molecule has 7 nitrogen and oxygen atoms in total. The molecule has 37 heavy (non-hydrogen) atoms. The average Bonchev–Trinajstić information content (AvgIpc) is 3.18. The van der Waals surface area contributed by atoms with Crippen LogP contribution in [0.5, 0.6) is 0 Å². The minimum absolute atomic E-state index is 0.152. The zero-order valence-corrected chi connectivity index (χ0v) is 20.5. The molecule has 3 unspecified atom stereocenters. The molecule has 2 aromatic rings. The molecule has 2 bridgehead atoms. The molecule has 0 aromatic heterocycles. The second-order valence-corrected chi connectivity index (χ2v) is 11.7. The van der Waals surface area contributed by atoms with E-state index in [4.69, 9.17) is 0 Å².